The third kappa shape index (κ3) is 4.04. The fraction of sp³-hybridized carbons (Fsp3) is 0.522. The van der Waals surface area contributed by atoms with Crippen molar-refractivity contribution in [2.75, 3.05) is 47.8 Å². The molecule has 2 saturated heterocycles. The SMILES string of the molecule is CCNc1ncc2c(n1)N1CCC[C@H]1CN(c1cccc(OC3CCNCC3)c1)C2=O. The first-order chi connectivity index (χ1) is 15.2. The molecule has 3 aliphatic rings. The van der Waals surface area contributed by atoms with E-state index in [4.69, 9.17) is 9.72 Å². The van der Waals surface area contributed by atoms with E-state index in [1.54, 1.807) is 6.20 Å². The first-order valence-electron chi connectivity index (χ1n) is 11.4. The van der Waals surface area contributed by atoms with Crippen LogP contribution in [0, 0.1) is 0 Å². The summed E-state index contributed by atoms with van der Waals surface area (Å²) in [6, 6.07) is 8.20. The molecule has 164 valence electrons. The van der Waals surface area contributed by atoms with Gasteiger partial charge in [-0.15, -0.1) is 0 Å². The van der Waals surface area contributed by atoms with Crippen LogP contribution in [0.2, 0.25) is 0 Å². The lowest BCUT2D eigenvalue weighted by molar-refractivity contribution is 0.0988. The van der Waals surface area contributed by atoms with Gasteiger partial charge in [0.05, 0.1) is 0 Å². The predicted octanol–water partition coefficient (Wildman–Crippen LogP) is 2.67. The normalized spacial score (nSPS) is 21.5. The van der Waals surface area contributed by atoms with E-state index in [0.29, 0.717) is 18.1 Å². The number of rotatable bonds is 5. The molecular formula is C23H30N6O2. The molecule has 8 nitrogen and oxygen atoms in total. The molecule has 3 aliphatic heterocycles. The Labute approximate surface area is 183 Å². The van der Waals surface area contributed by atoms with Gasteiger partial charge in [0.15, 0.2) is 0 Å². The summed E-state index contributed by atoms with van der Waals surface area (Å²) in [5.74, 6) is 2.10. The summed E-state index contributed by atoms with van der Waals surface area (Å²) in [6.45, 7) is 6.28. The summed E-state index contributed by atoms with van der Waals surface area (Å²) < 4.78 is 6.23. The molecule has 0 saturated carbocycles. The molecule has 0 bridgehead atoms. The second kappa shape index (κ2) is 8.70. The van der Waals surface area contributed by atoms with Crippen LogP contribution in [0.4, 0.5) is 17.5 Å². The van der Waals surface area contributed by atoms with E-state index >= 15 is 0 Å². The molecule has 1 atom stereocenters. The topological polar surface area (TPSA) is 82.6 Å². The van der Waals surface area contributed by atoms with Crippen LogP contribution in [0.25, 0.3) is 0 Å². The number of nitrogens with zero attached hydrogens (tertiary/aromatic N) is 4. The number of hydrogen-bond donors (Lipinski definition) is 2. The number of fused-ring (bicyclic) bond motifs is 3. The molecule has 1 amide bonds. The van der Waals surface area contributed by atoms with Crippen molar-refractivity contribution in [1.29, 1.82) is 0 Å². The number of carbonyl (C=O) groups is 1. The highest BCUT2D eigenvalue weighted by atomic mass is 16.5. The number of ether oxygens (including phenoxy) is 1. The van der Waals surface area contributed by atoms with E-state index in [1.165, 1.54) is 0 Å². The van der Waals surface area contributed by atoms with Gasteiger partial charge in [0, 0.05) is 43.6 Å². The van der Waals surface area contributed by atoms with Crippen molar-refractivity contribution >= 4 is 23.4 Å². The summed E-state index contributed by atoms with van der Waals surface area (Å²) in [5, 5.41) is 6.53. The number of amides is 1. The van der Waals surface area contributed by atoms with Crippen molar-refractivity contribution in [2.24, 2.45) is 0 Å². The molecule has 0 spiro atoms. The molecule has 2 aromatic rings. The highest BCUT2D eigenvalue weighted by Gasteiger charge is 2.37. The highest BCUT2D eigenvalue weighted by Crippen LogP contribution is 2.35. The summed E-state index contributed by atoms with van der Waals surface area (Å²) in [4.78, 5) is 26.8. The molecule has 1 aromatic carbocycles. The quantitative estimate of drug-likeness (QED) is 0.767. The van der Waals surface area contributed by atoms with Gasteiger partial charge in [0.25, 0.3) is 5.91 Å². The maximum Gasteiger partial charge on any atom is 0.263 e. The lowest BCUT2D eigenvalue weighted by atomic mass is 10.1. The molecule has 31 heavy (non-hydrogen) atoms. The van der Waals surface area contributed by atoms with Crippen LogP contribution in [0.5, 0.6) is 5.75 Å². The van der Waals surface area contributed by atoms with Crippen molar-refractivity contribution in [3.8, 4) is 5.75 Å². The number of carbonyl (C=O) groups excluding carboxylic acids is 1. The molecule has 0 aliphatic carbocycles. The summed E-state index contributed by atoms with van der Waals surface area (Å²) >= 11 is 0. The van der Waals surface area contributed by atoms with Crippen molar-refractivity contribution < 1.29 is 9.53 Å². The first-order valence-corrected chi connectivity index (χ1v) is 11.4. The zero-order valence-electron chi connectivity index (χ0n) is 18.0. The zero-order valence-corrected chi connectivity index (χ0v) is 18.0. The first kappa shape index (κ1) is 20.1. The molecule has 1 aromatic heterocycles. The Hall–Kier alpha value is -2.87. The van der Waals surface area contributed by atoms with Crippen LogP contribution in [-0.4, -0.2) is 60.7 Å². The van der Waals surface area contributed by atoms with E-state index in [1.807, 2.05) is 36.1 Å². The van der Waals surface area contributed by atoms with Crippen LogP contribution in [0.1, 0.15) is 43.0 Å². The summed E-state index contributed by atoms with van der Waals surface area (Å²) in [5.41, 5.74) is 1.43. The highest BCUT2D eigenvalue weighted by molar-refractivity contribution is 6.10. The zero-order chi connectivity index (χ0) is 21.2. The minimum atomic E-state index is -0.0496. The van der Waals surface area contributed by atoms with Gasteiger partial charge in [-0.2, -0.15) is 4.98 Å². The van der Waals surface area contributed by atoms with Gasteiger partial charge >= 0.3 is 0 Å². The van der Waals surface area contributed by atoms with Gasteiger partial charge in [-0.05, 0) is 57.8 Å². The third-order valence-electron chi connectivity index (χ3n) is 6.34. The van der Waals surface area contributed by atoms with Gasteiger partial charge in [-0.3, -0.25) is 4.79 Å². The second-order valence-electron chi connectivity index (χ2n) is 8.43. The lowest BCUT2D eigenvalue weighted by Gasteiger charge is -2.28. The van der Waals surface area contributed by atoms with Crippen molar-refractivity contribution in [3.63, 3.8) is 0 Å². The minimum absolute atomic E-state index is 0.0496. The van der Waals surface area contributed by atoms with Crippen LogP contribution in [0.15, 0.2) is 30.5 Å². The van der Waals surface area contributed by atoms with Gasteiger partial charge in [0.1, 0.15) is 23.2 Å². The van der Waals surface area contributed by atoms with Crippen molar-refractivity contribution in [3.05, 3.63) is 36.0 Å². The molecular weight excluding hydrogens is 392 g/mol. The van der Waals surface area contributed by atoms with Gasteiger partial charge in [0.2, 0.25) is 5.95 Å². The smallest absolute Gasteiger partial charge is 0.263 e. The molecule has 5 rings (SSSR count). The van der Waals surface area contributed by atoms with Crippen LogP contribution < -0.4 is 25.2 Å². The maximum atomic E-state index is 13.6. The van der Waals surface area contributed by atoms with Gasteiger partial charge in [-0.25, -0.2) is 4.98 Å². The average molecular weight is 423 g/mol. The number of piperidine rings is 1. The Morgan fingerprint density at radius 2 is 2.13 bits per heavy atom. The summed E-state index contributed by atoms with van der Waals surface area (Å²) in [7, 11) is 0. The Morgan fingerprint density at radius 3 is 2.97 bits per heavy atom. The van der Waals surface area contributed by atoms with E-state index in [9.17, 15) is 4.79 Å². The standard InChI is InChI=1S/C23H30N6O2/c1-2-25-23-26-14-20-21(27-23)28-12-4-6-17(28)15-29(22(20)30)16-5-3-7-19(13-16)31-18-8-10-24-11-9-18/h3,5,7,13-14,17-18,24H,2,4,6,8-12,15H2,1H3,(H,25,26,27)/t17-/m0/s1. The average Bonchev–Trinajstić information content (AvgIpc) is 3.22. The lowest BCUT2D eigenvalue weighted by Crippen LogP contribution is -2.39. The molecule has 0 radical (unpaired) electrons. The van der Waals surface area contributed by atoms with Crippen LogP contribution in [-0.2, 0) is 0 Å². The number of benzene rings is 1. The number of aromatic nitrogens is 2. The van der Waals surface area contributed by atoms with E-state index in [0.717, 1.165) is 69.1 Å². The Balaban J connectivity index is 1.46. The second-order valence-corrected chi connectivity index (χ2v) is 8.43. The van der Waals surface area contributed by atoms with Gasteiger partial charge < -0.3 is 25.2 Å². The number of hydrogen-bond acceptors (Lipinski definition) is 7. The fourth-order valence-electron chi connectivity index (χ4n) is 4.78. The molecule has 2 fully saturated rings. The number of nitrogens with one attached hydrogen (secondary N) is 2. The van der Waals surface area contributed by atoms with Gasteiger partial charge in [-0.1, -0.05) is 6.07 Å². The molecule has 2 N–H and O–H groups in total. The van der Waals surface area contributed by atoms with Crippen molar-refractivity contribution in [2.45, 2.75) is 44.8 Å². The minimum Gasteiger partial charge on any atom is -0.490 e. The maximum absolute atomic E-state index is 13.6. The fourth-order valence-corrected chi connectivity index (χ4v) is 4.78. The Morgan fingerprint density at radius 1 is 1.26 bits per heavy atom. The van der Waals surface area contributed by atoms with Crippen LogP contribution in [0.3, 0.4) is 0 Å². The van der Waals surface area contributed by atoms with Crippen molar-refractivity contribution in [1.82, 2.24) is 15.3 Å². The Bertz CT molecular complexity index is 945. The monoisotopic (exact) mass is 422 g/mol. The van der Waals surface area contributed by atoms with E-state index < -0.39 is 0 Å². The summed E-state index contributed by atoms with van der Waals surface area (Å²) in [6.07, 6.45) is 6.05. The number of anilines is 3. The van der Waals surface area contributed by atoms with E-state index in [-0.39, 0.29) is 18.1 Å². The Kier molecular flexibility index (Phi) is 5.63. The molecule has 8 heteroatoms. The van der Waals surface area contributed by atoms with E-state index in [2.05, 4.69) is 20.5 Å². The predicted molar refractivity (Wildman–Crippen MR) is 121 cm³/mol. The largest absolute Gasteiger partial charge is 0.490 e. The van der Waals surface area contributed by atoms with Crippen LogP contribution >= 0.6 is 0 Å². The third-order valence-corrected chi connectivity index (χ3v) is 6.34. The molecule has 4 heterocycles. The molecule has 0 unspecified atom stereocenters.